The number of aromatic nitrogens is 2. The molecule has 0 aliphatic carbocycles. The zero-order valence-electron chi connectivity index (χ0n) is 20.0. The monoisotopic (exact) mass is 594 g/mol. The van der Waals surface area contributed by atoms with Crippen LogP contribution in [0.4, 0.5) is 0 Å². The minimum Gasteiger partial charge on any atom is -0.378 e. The van der Waals surface area contributed by atoms with Gasteiger partial charge >= 0.3 is 0 Å². The molecule has 2 fully saturated rings. The van der Waals surface area contributed by atoms with Crippen molar-refractivity contribution in [3.05, 3.63) is 67.6 Å². The molecule has 0 saturated carbocycles. The molecule has 36 heavy (non-hydrogen) atoms. The Balaban J connectivity index is 1.38. The molecular formula is C25H28BrClN4O4S. The molecule has 5 rings (SSSR count). The number of hydrogen-bond donors (Lipinski definition) is 0. The minimum absolute atomic E-state index is 0.0354. The van der Waals surface area contributed by atoms with Gasteiger partial charge in [-0.25, -0.2) is 13.4 Å². The van der Waals surface area contributed by atoms with Gasteiger partial charge < -0.3 is 4.74 Å². The van der Waals surface area contributed by atoms with Gasteiger partial charge in [-0.3, -0.25) is 19.2 Å². The number of nitrogens with zero attached hydrogens (tertiary/aromatic N) is 4. The maximum atomic E-state index is 13.3. The summed E-state index contributed by atoms with van der Waals surface area (Å²) in [6, 6.07) is 8.99. The van der Waals surface area contributed by atoms with Gasteiger partial charge in [-0.05, 0) is 41.5 Å². The third-order valence-corrected chi connectivity index (χ3v) is 9.81. The fourth-order valence-corrected chi connectivity index (χ4v) is 6.50. The molecule has 0 spiro atoms. The lowest BCUT2D eigenvalue weighted by molar-refractivity contribution is -0.0774. The Labute approximate surface area is 223 Å². The summed E-state index contributed by atoms with van der Waals surface area (Å²) in [5.41, 5.74) is 1.94. The predicted octanol–water partition coefficient (Wildman–Crippen LogP) is 3.17. The van der Waals surface area contributed by atoms with Gasteiger partial charge in [0, 0.05) is 42.2 Å². The SMILES string of the molecule is CCS(=O)(=O)c1ccc(Cl)cc1Cn1cnc2cc(CN3CCN(C4COC4)CC3)c(Br)cc2c1=O. The number of ether oxygens (including phenoxy) is 1. The molecular weight excluding hydrogens is 568 g/mol. The first-order valence-corrected chi connectivity index (χ1v) is 14.8. The first kappa shape index (κ1) is 25.8. The van der Waals surface area contributed by atoms with Crippen molar-refractivity contribution in [1.29, 1.82) is 0 Å². The summed E-state index contributed by atoms with van der Waals surface area (Å²) in [6.45, 7) is 8.14. The number of rotatable bonds is 7. The van der Waals surface area contributed by atoms with Crippen LogP contribution in [0, 0.1) is 0 Å². The summed E-state index contributed by atoms with van der Waals surface area (Å²) in [4.78, 5) is 23.0. The van der Waals surface area contributed by atoms with E-state index in [0.717, 1.165) is 56.0 Å². The molecule has 3 aromatic rings. The normalized spacial score (nSPS) is 18.0. The van der Waals surface area contributed by atoms with Gasteiger partial charge in [-0.2, -0.15) is 0 Å². The van der Waals surface area contributed by atoms with E-state index in [1.54, 1.807) is 19.1 Å². The molecule has 2 saturated heterocycles. The third-order valence-electron chi connectivity index (χ3n) is 7.01. The zero-order valence-corrected chi connectivity index (χ0v) is 23.1. The highest BCUT2D eigenvalue weighted by molar-refractivity contribution is 9.10. The molecule has 11 heteroatoms. The Morgan fingerprint density at radius 3 is 2.50 bits per heavy atom. The van der Waals surface area contributed by atoms with Crippen molar-refractivity contribution in [3.8, 4) is 0 Å². The van der Waals surface area contributed by atoms with Crippen LogP contribution in [0.25, 0.3) is 10.9 Å². The summed E-state index contributed by atoms with van der Waals surface area (Å²) in [7, 11) is -3.47. The fourth-order valence-electron chi connectivity index (χ4n) is 4.73. The van der Waals surface area contributed by atoms with Gasteiger partial charge in [0.05, 0.1) is 53.7 Å². The standard InChI is InChI=1S/C25H28BrClN4O4S/c1-2-36(33,34)24-4-3-19(27)9-18(24)13-31-16-28-23-10-17(22(26)11-21(23)25(31)32)12-29-5-7-30(8-6-29)20-14-35-15-20/h3-4,9-11,16,20H,2,5-8,12-15H2,1H3. The number of piperazine rings is 1. The Morgan fingerprint density at radius 2 is 1.83 bits per heavy atom. The lowest BCUT2D eigenvalue weighted by Gasteiger charge is -2.42. The van der Waals surface area contributed by atoms with E-state index in [0.29, 0.717) is 27.5 Å². The number of hydrogen-bond acceptors (Lipinski definition) is 7. The summed E-state index contributed by atoms with van der Waals surface area (Å²) in [5.74, 6) is -0.0354. The highest BCUT2D eigenvalue weighted by Crippen LogP contribution is 2.25. The van der Waals surface area contributed by atoms with Crippen molar-refractivity contribution in [2.75, 3.05) is 45.1 Å². The van der Waals surface area contributed by atoms with E-state index < -0.39 is 9.84 Å². The van der Waals surface area contributed by atoms with Crippen LogP contribution in [-0.4, -0.2) is 79.0 Å². The van der Waals surface area contributed by atoms with Crippen molar-refractivity contribution in [2.45, 2.75) is 31.0 Å². The number of sulfone groups is 1. The molecule has 0 bridgehead atoms. The molecule has 0 unspecified atom stereocenters. The second-order valence-corrected chi connectivity index (χ2v) is 12.8. The van der Waals surface area contributed by atoms with Crippen LogP contribution in [0.5, 0.6) is 0 Å². The smallest absolute Gasteiger partial charge is 0.261 e. The molecule has 0 radical (unpaired) electrons. The third kappa shape index (κ3) is 5.25. The van der Waals surface area contributed by atoms with Crippen molar-refractivity contribution in [2.24, 2.45) is 0 Å². The van der Waals surface area contributed by atoms with Crippen LogP contribution in [0.15, 0.2) is 50.8 Å². The summed E-state index contributed by atoms with van der Waals surface area (Å²) in [5, 5.41) is 0.890. The van der Waals surface area contributed by atoms with E-state index in [1.165, 1.54) is 17.0 Å². The van der Waals surface area contributed by atoms with Crippen LogP contribution < -0.4 is 5.56 Å². The van der Waals surface area contributed by atoms with Crippen LogP contribution in [0.2, 0.25) is 5.02 Å². The Bertz CT molecular complexity index is 1450. The molecule has 0 amide bonds. The highest BCUT2D eigenvalue weighted by atomic mass is 79.9. The largest absolute Gasteiger partial charge is 0.378 e. The zero-order chi connectivity index (χ0) is 25.4. The van der Waals surface area contributed by atoms with Gasteiger partial charge in [0.15, 0.2) is 9.84 Å². The molecule has 2 aromatic carbocycles. The first-order chi connectivity index (χ1) is 17.2. The van der Waals surface area contributed by atoms with Gasteiger partial charge in [-0.15, -0.1) is 0 Å². The number of benzene rings is 2. The van der Waals surface area contributed by atoms with Gasteiger partial charge in [0.25, 0.3) is 5.56 Å². The minimum atomic E-state index is -3.47. The lowest BCUT2D eigenvalue weighted by atomic mass is 10.1. The van der Waals surface area contributed by atoms with E-state index in [4.69, 9.17) is 16.3 Å². The molecule has 192 valence electrons. The molecule has 1 aromatic heterocycles. The molecule has 2 aliphatic heterocycles. The van der Waals surface area contributed by atoms with Crippen molar-refractivity contribution in [1.82, 2.24) is 19.4 Å². The van der Waals surface area contributed by atoms with Gasteiger partial charge in [-0.1, -0.05) is 34.5 Å². The van der Waals surface area contributed by atoms with E-state index in [1.807, 2.05) is 12.1 Å². The van der Waals surface area contributed by atoms with E-state index in [-0.39, 0.29) is 22.8 Å². The summed E-state index contributed by atoms with van der Waals surface area (Å²) >= 11 is 9.80. The maximum absolute atomic E-state index is 13.3. The van der Waals surface area contributed by atoms with Crippen molar-refractivity contribution < 1.29 is 13.2 Å². The quantitative estimate of drug-likeness (QED) is 0.415. The molecule has 8 nitrogen and oxygen atoms in total. The second-order valence-electron chi connectivity index (χ2n) is 9.30. The summed E-state index contributed by atoms with van der Waals surface area (Å²) in [6.07, 6.45) is 1.48. The average molecular weight is 596 g/mol. The van der Waals surface area contributed by atoms with Crippen LogP contribution in [0.3, 0.4) is 0 Å². The fraction of sp³-hybridized carbons (Fsp3) is 0.440. The van der Waals surface area contributed by atoms with Gasteiger partial charge in [0.1, 0.15) is 0 Å². The van der Waals surface area contributed by atoms with Crippen molar-refractivity contribution in [3.63, 3.8) is 0 Å². The molecule has 0 atom stereocenters. The van der Waals surface area contributed by atoms with E-state index >= 15 is 0 Å². The highest BCUT2D eigenvalue weighted by Gasteiger charge is 2.29. The average Bonchev–Trinajstić information content (AvgIpc) is 2.82. The Kier molecular flexibility index (Phi) is 7.54. The first-order valence-electron chi connectivity index (χ1n) is 12.0. The summed E-state index contributed by atoms with van der Waals surface area (Å²) < 4.78 is 32.8. The number of halogens is 2. The van der Waals surface area contributed by atoms with E-state index in [9.17, 15) is 13.2 Å². The predicted molar refractivity (Wildman–Crippen MR) is 143 cm³/mol. The Hall–Kier alpha value is -1.82. The topological polar surface area (TPSA) is 84.7 Å². The van der Waals surface area contributed by atoms with Gasteiger partial charge in [0.2, 0.25) is 0 Å². The molecule has 3 heterocycles. The van der Waals surface area contributed by atoms with E-state index in [2.05, 4.69) is 30.7 Å². The Morgan fingerprint density at radius 1 is 1.08 bits per heavy atom. The second kappa shape index (κ2) is 10.5. The number of fused-ring (bicyclic) bond motifs is 1. The van der Waals surface area contributed by atoms with Crippen molar-refractivity contribution >= 4 is 48.3 Å². The maximum Gasteiger partial charge on any atom is 0.261 e. The lowest BCUT2D eigenvalue weighted by Crippen LogP contribution is -2.56. The van der Waals surface area contributed by atoms with Crippen LogP contribution in [-0.2, 0) is 27.7 Å². The van der Waals surface area contributed by atoms with Crippen LogP contribution in [0.1, 0.15) is 18.1 Å². The molecule has 0 N–H and O–H groups in total. The van der Waals surface area contributed by atoms with Crippen LogP contribution >= 0.6 is 27.5 Å². The molecule has 2 aliphatic rings.